The number of aromatic nitrogens is 1. The molecule has 3 N–H and O–H groups in total. The van der Waals surface area contributed by atoms with Crippen molar-refractivity contribution in [1.29, 1.82) is 0 Å². The predicted molar refractivity (Wildman–Crippen MR) is 184 cm³/mol. The molecule has 1 unspecified atom stereocenters. The van der Waals surface area contributed by atoms with Gasteiger partial charge in [-0.2, -0.15) is 0 Å². The van der Waals surface area contributed by atoms with Crippen LogP contribution in [0.5, 0.6) is 11.6 Å². The van der Waals surface area contributed by atoms with E-state index in [4.69, 9.17) is 9.47 Å². The van der Waals surface area contributed by atoms with Gasteiger partial charge in [0, 0.05) is 30.3 Å². The molecule has 1 aromatic heterocycles. The van der Waals surface area contributed by atoms with E-state index in [1.54, 1.807) is 25.4 Å². The first-order chi connectivity index (χ1) is 24.0. The molecule has 5 atom stereocenters. The summed E-state index contributed by atoms with van der Waals surface area (Å²) in [5, 5.41) is 6.33. The van der Waals surface area contributed by atoms with Crippen molar-refractivity contribution in [3.8, 4) is 11.6 Å². The van der Waals surface area contributed by atoms with Crippen LogP contribution in [0.1, 0.15) is 31.2 Å². The fourth-order valence-electron chi connectivity index (χ4n) is 6.38. The molecule has 2 heterocycles. The minimum Gasteiger partial charge on any atom is -0.497 e. The van der Waals surface area contributed by atoms with Crippen LogP contribution in [-0.2, 0) is 35.6 Å². The Kier molecular flexibility index (Phi) is 9.65. The molecule has 0 bridgehead atoms. The zero-order valence-corrected chi connectivity index (χ0v) is 28.4. The molecule has 262 valence electrons. The molecule has 4 amide bonds. The van der Waals surface area contributed by atoms with E-state index in [9.17, 15) is 27.6 Å². The Hall–Kier alpha value is -5.24. The minimum absolute atomic E-state index is 0.0239. The summed E-state index contributed by atoms with van der Waals surface area (Å²) >= 11 is 0. The first kappa shape index (κ1) is 34.6. The first-order valence-electron chi connectivity index (χ1n) is 16.4. The van der Waals surface area contributed by atoms with Gasteiger partial charge in [-0.15, -0.1) is 6.58 Å². The Labute approximate surface area is 290 Å². The highest BCUT2D eigenvalue weighted by atomic mass is 32.2. The summed E-state index contributed by atoms with van der Waals surface area (Å²) in [7, 11) is -2.33. The number of carbonyl (C=O) groups excluding carboxylic acids is 4. The smallest absolute Gasteiger partial charge is 0.259 e. The van der Waals surface area contributed by atoms with E-state index in [0.29, 0.717) is 29.9 Å². The van der Waals surface area contributed by atoms with Crippen molar-refractivity contribution in [2.24, 2.45) is 5.92 Å². The van der Waals surface area contributed by atoms with Crippen LogP contribution < -0.4 is 24.8 Å². The van der Waals surface area contributed by atoms with Gasteiger partial charge in [0.1, 0.15) is 29.5 Å². The predicted octanol–water partition coefficient (Wildman–Crippen LogP) is 2.17. The summed E-state index contributed by atoms with van der Waals surface area (Å²) in [5.74, 6) is -2.21. The number of nitrogens with one attached hydrogen (secondary N) is 3. The Bertz CT molecular complexity index is 1950. The number of rotatable bonds is 14. The first-order valence-corrected chi connectivity index (χ1v) is 17.9. The molecule has 0 radical (unpaired) electrons. The second-order valence-electron chi connectivity index (χ2n) is 12.8. The summed E-state index contributed by atoms with van der Waals surface area (Å²) in [6.45, 7) is 7.23. The molecule has 2 aliphatic carbocycles. The molecule has 1 saturated heterocycles. The van der Waals surface area contributed by atoms with Crippen molar-refractivity contribution in [1.82, 2.24) is 25.2 Å². The molecule has 6 rings (SSSR count). The van der Waals surface area contributed by atoms with Crippen molar-refractivity contribution in [2.75, 3.05) is 13.7 Å². The van der Waals surface area contributed by atoms with Crippen LogP contribution in [0.25, 0.3) is 10.8 Å². The molecular formula is C36H39N5O8S. The number of nitrogens with zero attached hydrogens (tertiary/aromatic N) is 2. The number of sulfonamides is 1. The Morgan fingerprint density at radius 2 is 1.86 bits per heavy atom. The molecule has 13 nitrogen and oxygen atoms in total. The molecule has 3 aromatic rings. The fourth-order valence-corrected chi connectivity index (χ4v) is 7.75. The summed E-state index contributed by atoms with van der Waals surface area (Å²) in [6, 6.07) is 14.1. The Morgan fingerprint density at radius 1 is 1.10 bits per heavy atom. The number of hydrogen-bond acceptors (Lipinski definition) is 9. The van der Waals surface area contributed by atoms with E-state index in [2.05, 4.69) is 33.5 Å². The molecule has 3 fully saturated rings. The normalized spacial score (nSPS) is 23.3. The number of hydrogen-bond donors (Lipinski definition) is 3. The molecule has 14 heteroatoms. The molecule has 50 heavy (non-hydrogen) atoms. The third kappa shape index (κ3) is 7.20. The summed E-state index contributed by atoms with van der Waals surface area (Å²) in [4.78, 5) is 60.2. The zero-order chi connectivity index (χ0) is 35.6. The minimum atomic E-state index is -3.89. The average Bonchev–Trinajstić information content (AvgIpc) is 4.04. The number of fused-ring (bicyclic) bond motifs is 1. The molecule has 2 saturated carbocycles. The lowest BCUT2D eigenvalue weighted by atomic mass is 10.0. The van der Waals surface area contributed by atoms with E-state index < -0.39 is 68.5 Å². The third-order valence-corrected chi connectivity index (χ3v) is 11.2. The van der Waals surface area contributed by atoms with Gasteiger partial charge in [-0.05, 0) is 60.6 Å². The average molecular weight is 702 g/mol. The SMILES string of the molecule is C=CC(=O)NC(Cc1ccccc1)C(=O)N1C[C@H](Oc2nccc3cc(OC)ccc23)C[C@H]1C(=O)N[C@]1(C(=O)NS(=O)(=O)C2CC2)C[C@H]1C=C. The van der Waals surface area contributed by atoms with Crippen LogP contribution in [-0.4, -0.2) is 84.6 Å². The van der Waals surface area contributed by atoms with Crippen molar-refractivity contribution < 1.29 is 37.1 Å². The van der Waals surface area contributed by atoms with Crippen LogP contribution >= 0.6 is 0 Å². The molecular weight excluding hydrogens is 662 g/mol. The highest BCUT2D eigenvalue weighted by Gasteiger charge is 2.62. The van der Waals surface area contributed by atoms with E-state index in [1.165, 1.54) is 11.0 Å². The molecule has 2 aromatic carbocycles. The summed E-state index contributed by atoms with van der Waals surface area (Å²) in [5.41, 5.74) is -0.775. The maximum atomic E-state index is 14.3. The fraction of sp³-hybridized carbons (Fsp3) is 0.361. The largest absolute Gasteiger partial charge is 0.497 e. The van der Waals surface area contributed by atoms with E-state index in [1.807, 2.05) is 42.5 Å². The number of pyridine rings is 1. The van der Waals surface area contributed by atoms with Crippen LogP contribution in [0.3, 0.4) is 0 Å². The Morgan fingerprint density at radius 3 is 2.52 bits per heavy atom. The molecule has 3 aliphatic rings. The van der Waals surface area contributed by atoms with Crippen molar-refractivity contribution in [3.05, 3.63) is 91.7 Å². The number of amides is 4. The molecule has 0 spiro atoms. The third-order valence-electron chi connectivity index (χ3n) is 9.39. The maximum Gasteiger partial charge on any atom is 0.259 e. The van der Waals surface area contributed by atoms with Crippen molar-refractivity contribution >= 4 is 44.4 Å². The Balaban J connectivity index is 1.29. The molecule has 1 aliphatic heterocycles. The zero-order valence-electron chi connectivity index (χ0n) is 27.5. The van der Waals surface area contributed by atoms with Crippen LogP contribution in [0.15, 0.2) is 86.1 Å². The second kappa shape index (κ2) is 13.9. The lowest BCUT2D eigenvalue weighted by Crippen LogP contribution is -2.58. The van der Waals surface area contributed by atoms with Gasteiger partial charge in [-0.1, -0.05) is 43.0 Å². The van der Waals surface area contributed by atoms with Gasteiger partial charge >= 0.3 is 0 Å². The number of ether oxygens (including phenoxy) is 2. The lowest BCUT2D eigenvalue weighted by molar-refractivity contribution is -0.142. The van der Waals surface area contributed by atoms with Gasteiger partial charge in [0.15, 0.2) is 0 Å². The highest BCUT2D eigenvalue weighted by molar-refractivity contribution is 7.91. The number of benzene rings is 2. The van der Waals surface area contributed by atoms with Gasteiger partial charge in [0.25, 0.3) is 5.91 Å². The van der Waals surface area contributed by atoms with Gasteiger partial charge in [-0.25, -0.2) is 13.4 Å². The van der Waals surface area contributed by atoms with E-state index in [-0.39, 0.29) is 25.8 Å². The summed E-state index contributed by atoms with van der Waals surface area (Å²) in [6.07, 6.45) is 4.64. The topological polar surface area (TPSA) is 173 Å². The number of carbonyl (C=O) groups is 4. The van der Waals surface area contributed by atoms with Crippen molar-refractivity contribution in [3.63, 3.8) is 0 Å². The maximum absolute atomic E-state index is 14.3. The van der Waals surface area contributed by atoms with Gasteiger partial charge in [-0.3, -0.25) is 23.9 Å². The van der Waals surface area contributed by atoms with Crippen LogP contribution in [0.2, 0.25) is 0 Å². The van der Waals surface area contributed by atoms with E-state index >= 15 is 0 Å². The number of likely N-dealkylation sites (tertiary alicyclic amines) is 1. The highest BCUT2D eigenvalue weighted by Crippen LogP contribution is 2.45. The quantitative estimate of drug-likeness (QED) is 0.168. The second-order valence-corrected chi connectivity index (χ2v) is 14.8. The van der Waals surface area contributed by atoms with Gasteiger partial charge < -0.3 is 25.0 Å². The standard InChI is InChI=1S/C36H39N5O8S/c1-4-24-20-36(24,35(45)40-50(46,47)27-12-13-27)39-32(43)30-19-26(49-33-28-14-11-25(48-3)18-23(28)15-16-37-33)21-41(30)34(44)29(38-31(42)5-2)17-22-9-7-6-8-10-22/h4-11,14-16,18,24,26-27,29-30H,1-2,12-13,17,19-21H2,3H3,(H,38,42)(H,39,43)(H,40,45)/t24-,26-,29?,30+,36-/m1/s1. The summed E-state index contributed by atoms with van der Waals surface area (Å²) < 4.78 is 39.1. The van der Waals surface area contributed by atoms with E-state index in [0.717, 1.165) is 17.0 Å². The number of methoxy groups -OCH3 is 1. The monoisotopic (exact) mass is 701 g/mol. The lowest BCUT2D eigenvalue weighted by Gasteiger charge is -2.29. The van der Waals surface area contributed by atoms with Crippen LogP contribution in [0.4, 0.5) is 0 Å². The van der Waals surface area contributed by atoms with Crippen molar-refractivity contribution in [2.45, 2.75) is 61.1 Å². The van der Waals surface area contributed by atoms with Crippen LogP contribution in [0, 0.1) is 5.92 Å². The van der Waals surface area contributed by atoms with Gasteiger partial charge in [0.2, 0.25) is 33.6 Å². The van der Waals surface area contributed by atoms with Gasteiger partial charge in [0.05, 0.1) is 18.9 Å².